The van der Waals surface area contributed by atoms with Gasteiger partial charge in [-0.05, 0) is 125 Å². The monoisotopic (exact) mass is 801 g/mol. The summed E-state index contributed by atoms with van der Waals surface area (Å²) >= 11 is 0. The van der Waals surface area contributed by atoms with Crippen molar-refractivity contribution in [1.82, 2.24) is 0 Å². The molecule has 0 saturated heterocycles. The molecule has 0 spiro atoms. The molecule has 1 heteroatoms. The van der Waals surface area contributed by atoms with Gasteiger partial charge in [0.15, 0.2) is 0 Å². The fourth-order valence-electron chi connectivity index (χ4n) is 9.08. The van der Waals surface area contributed by atoms with Crippen LogP contribution in [0.3, 0.4) is 0 Å². The van der Waals surface area contributed by atoms with Gasteiger partial charge in [-0.1, -0.05) is 218 Å². The second kappa shape index (κ2) is 16.7. The molecule has 0 radical (unpaired) electrons. The van der Waals surface area contributed by atoms with Crippen molar-refractivity contribution < 1.29 is 0 Å². The molecule has 0 aliphatic carbocycles. The lowest BCUT2D eigenvalue weighted by atomic mass is 9.88. The topological polar surface area (TPSA) is 3.24 Å². The summed E-state index contributed by atoms with van der Waals surface area (Å²) in [6, 6.07) is 94.7. The molecule has 0 aliphatic heterocycles. The Morgan fingerprint density at radius 1 is 0.190 bits per heavy atom. The summed E-state index contributed by atoms with van der Waals surface area (Å²) in [4.78, 5) is 2.42. The summed E-state index contributed by atoms with van der Waals surface area (Å²) in [6.07, 6.45) is 0. The zero-order valence-electron chi connectivity index (χ0n) is 34.8. The molecule has 1 nitrogen and oxygen atoms in total. The van der Waals surface area contributed by atoms with Crippen molar-refractivity contribution in [2.75, 3.05) is 4.90 Å². The first kappa shape index (κ1) is 37.7. The number of hydrogen-bond donors (Lipinski definition) is 0. The summed E-state index contributed by atoms with van der Waals surface area (Å²) < 4.78 is 0. The zero-order chi connectivity index (χ0) is 42.0. The third-order valence-corrected chi connectivity index (χ3v) is 12.3. The van der Waals surface area contributed by atoms with Gasteiger partial charge in [0, 0.05) is 16.9 Å². The average Bonchev–Trinajstić information content (AvgIpc) is 3.37. The minimum atomic E-state index is 1.08. The van der Waals surface area contributed by atoms with Crippen LogP contribution >= 0.6 is 0 Å². The molecule has 0 saturated carbocycles. The summed E-state index contributed by atoms with van der Waals surface area (Å²) in [7, 11) is 0. The smallest absolute Gasteiger partial charge is 0.0540 e. The summed E-state index contributed by atoms with van der Waals surface area (Å²) in [5, 5.41) is 4.98. The van der Waals surface area contributed by atoms with Gasteiger partial charge < -0.3 is 4.90 Å². The number of para-hydroxylation sites is 1. The van der Waals surface area contributed by atoms with Crippen LogP contribution in [0.1, 0.15) is 0 Å². The first-order valence-corrected chi connectivity index (χ1v) is 21.7. The molecule has 11 rings (SSSR count). The number of benzene rings is 11. The zero-order valence-corrected chi connectivity index (χ0v) is 34.8. The van der Waals surface area contributed by atoms with Gasteiger partial charge in [0.05, 0.1) is 5.69 Å². The SMILES string of the molecule is c1ccc(-c2ccccc2-c2ccccc2-c2ccccc2N(c2ccc(-c3ccc(-c4ccc5ccccc5c4)cc3)cc2)c2cccc(-c3ccc4ccccc4c3)c2)cc1. The van der Waals surface area contributed by atoms with E-state index in [1.54, 1.807) is 0 Å². The number of fused-ring (bicyclic) bond motifs is 2. The van der Waals surface area contributed by atoms with Crippen LogP contribution in [-0.2, 0) is 0 Å². The van der Waals surface area contributed by atoms with Gasteiger partial charge in [0.1, 0.15) is 0 Å². The molecule has 11 aromatic carbocycles. The second-order valence-corrected chi connectivity index (χ2v) is 16.1. The number of hydrogen-bond acceptors (Lipinski definition) is 1. The van der Waals surface area contributed by atoms with E-state index in [2.05, 4.69) is 266 Å². The van der Waals surface area contributed by atoms with Gasteiger partial charge in [-0.15, -0.1) is 0 Å². The van der Waals surface area contributed by atoms with E-state index in [1.165, 1.54) is 82.7 Å². The van der Waals surface area contributed by atoms with Gasteiger partial charge in [-0.25, -0.2) is 0 Å². The Kier molecular flexibility index (Phi) is 9.97. The maximum atomic E-state index is 2.42. The standard InChI is InChI=1S/C62H43N/c1-2-17-49(18-3-1)57-23-8-9-24-58(57)59-25-10-11-26-60(59)61-27-12-13-28-62(61)63(56-22-14-21-52(43-56)54-36-34-45-16-5-7-20-51(45)42-54)55-39-37-47(38-40-55)46-29-31-48(32-30-46)53-35-33-44-15-4-6-19-50(44)41-53/h1-43H. The van der Waals surface area contributed by atoms with E-state index in [9.17, 15) is 0 Å². The number of nitrogens with zero attached hydrogens (tertiary/aromatic N) is 1. The van der Waals surface area contributed by atoms with E-state index in [1.807, 2.05) is 0 Å². The molecule has 63 heavy (non-hydrogen) atoms. The lowest BCUT2D eigenvalue weighted by Gasteiger charge is -2.29. The summed E-state index contributed by atoms with van der Waals surface area (Å²) in [5.74, 6) is 0. The predicted molar refractivity (Wildman–Crippen MR) is 269 cm³/mol. The maximum absolute atomic E-state index is 2.42. The van der Waals surface area contributed by atoms with Crippen LogP contribution in [0, 0.1) is 0 Å². The molecule has 11 aromatic rings. The van der Waals surface area contributed by atoms with Gasteiger partial charge in [-0.3, -0.25) is 0 Å². The highest BCUT2D eigenvalue weighted by Gasteiger charge is 2.21. The minimum Gasteiger partial charge on any atom is -0.310 e. The third-order valence-electron chi connectivity index (χ3n) is 12.3. The fourth-order valence-corrected chi connectivity index (χ4v) is 9.08. The van der Waals surface area contributed by atoms with E-state index in [4.69, 9.17) is 0 Å². The lowest BCUT2D eigenvalue weighted by molar-refractivity contribution is 1.28. The van der Waals surface area contributed by atoms with Crippen molar-refractivity contribution in [3.8, 4) is 66.8 Å². The molecule has 0 unspecified atom stereocenters. The van der Waals surface area contributed by atoms with Gasteiger partial charge >= 0.3 is 0 Å². The molecule has 0 aliphatic rings. The van der Waals surface area contributed by atoms with Crippen LogP contribution in [0.5, 0.6) is 0 Å². The van der Waals surface area contributed by atoms with E-state index >= 15 is 0 Å². The van der Waals surface area contributed by atoms with Crippen LogP contribution in [0.2, 0.25) is 0 Å². The highest BCUT2D eigenvalue weighted by Crippen LogP contribution is 2.46. The van der Waals surface area contributed by atoms with E-state index in [0.29, 0.717) is 0 Å². The van der Waals surface area contributed by atoms with Crippen molar-refractivity contribution in [1.29, 1.82) is 0 Å². The van der Waals surface area contributed by atoms with Crippen molar-refractivity contribution in [2.24, 2.45) is 0 Å². The highest BCUT2D eigenvalue weighted by molar-refractivity contribution is 5.98. The van der Waals surface area contributed by atoms with Crippen molar-refractivity contribution in [3.63, 3.8) is 0 Å². The Morgan fingerprint density at radius 3 is 1.21 bits per heavy atom. The van der Waals surface area contributed by atoms with Crippen LogP contribution in [0.15, 0.2) is 261 Å². The Morgan fingerprint density at radius 2 is 0.587 bits per heavy atom. The highest BCUT2D eigenvalue weighted by atomic mass is 15.1. The van der Waals surface area contributed by atoms with Crippen LogP contribution < -0.4 is 4.90 Å². The third kappa shape index (κ3) is 7.47. The molecule has 0 bridgehead atoms. The normalized spacial score (nSPS) is 11.2. The van der Waals surface area contributed by atoms with Gasteiger partial charge in [-0.2, -0.15) is 0 Å². The molecule has 0 N–H and O–H groups in total. The first-order valence-electron chi connectivity index (χ1n) is 21.7. The minimum absolute atomic E-state index is 1.08. The molecular weight excluding hydrogens is 759 g/mol. The van der Waals surface area contributed by atoms with Crippen LogP contribution in [-0.4, -0.2) is 0 Å². The summed E-state index contributed by atoms with van der Waals surface area (Å²) in [5.41, 5.74) is 17.5. The lowest BCUT2D eigenvalue weighted by Crippen LogP contribution is -2.11. The molecule has 0 atom stereocenters. The van der Waals surface area contributed by atoms with E-state index < -0.39 is 0 Å². The largest absolute Gasteiger partial charge is 0.310 e. The molecular formula is C62H43N. The fraction of sp³-hybridized carbons (Fsp3) is 0. The predicted octanol–water partition coefficient (Wildman–Crippen LogP) is 17.5. The Labute approximate surface area is 369 Å². The van der Waals surface area contributed by atoms with Crippen molar-refractivity contribution in [2.45, 2.75) is 0 Å². The van der Waals surface area contributed by atoms with Gasteiger partial charge in [0.2, 0.25) is 0 Å². The first-order chi connectivity index (χ1) is 31.2. The molecule has 0 aromatic heterocycles. The quantitative estimate of drug-likeness (QED) is 0.141. The molecule has 0 fully saturated rings. The number of anilines is 3. The Bertz CT molecular complexity index is 3380. The van der Waals surface area contributed by atoms with Crippen LogP contribution in [0.4, 0.5) is 17.1 Å². The van der Waals surface area contributed by atoms with E-state index in [0.717, 1.165) is 22.6 Å². The molecule has 296 valence electrons. The second-order valence-electron chi connectivity index (χ2n) is 16.1. The van der Waals surface area contributed by atoms with Crippen LogP contribution in [0.25, 0.3) is 88.3 Å². The average molecular weight is 802 g/mol. The molecule has 0 heterocycles. The summed E-state index contributed by atoms with van der Waals surface area (Å²) in [6.45, 7) is 0. The molecule has 0 amide bonds. The number of rotatable bonds is 9. The maximum Gasteiger partial charge on any atom is 0.0540 e. The van der Waals surface area contributed by atoms with Crippen molar-refractivity contribution in [3.05, 3.63) is 261 Å². The van der Waals surface area contributed by atoms with Crippen molar-refractivity contribution >= 4 is 38.6 Å². The Hall–Kier alpha value is -8.26. The van der Waals surface area contributed by atoms with E-state index in [-0.39, 0.29) is 0 Å². The Balaban J connectivity index is 1.02. The van der Waals surface area contributed by atoms with Gasteiger partial charge in [0.25, 0.3) is 0 Å².